The summed E-state index contributed by atoms with van der Waals surface area (Å²) in [5, 5.41) is 8.52. The highest BCUT2D eigenvalue weighted by Gasteiger charge is 2.36. The van der Waals surface area contributed by atoms with Gasteiger partial charge >= 0.3 is 0 Å². The van der Waals surface area contributed by atoms with Crippen molar-refractivity contribution in [3.05, 3.63) is 70.5 Å². The van der Waals surface area contributed by atoms with Gasteiger partial charge in [0.1, 0.15) is 6.04 Å². The molecule has 0 aliphatic rings. The summed E-state index contributed by atoms with van der Waals surface area (Å²) < 4.78 is 3.82. The molecule has 0 fully saturated rings. The Labute approximate surface area is 180 Å². The minimum atomic E-state index is -0.922. The van der Waals surface area contributed by atoms with Crippen LogP contribution in [0.1, 0.15) is 54.0 Å². The van der Waals surface area contributed by atoms with Crippen LogP contribution >= 0.6 is 11.5 Å². The van der Waals surface area contributed by atoms with E-state index >= 15 is 0 Å². The molecule has 1 N–H and O–H groups in total. The molecular formula is C22H25N5O2S. The number of pyridine rings is 1. The van der Waals surface area contributed by atoms with Gasteiger partial charge in [0.25, 0.3) is 5.91 Å². The number of nitrogens with one attached hydrogen (secondary N) is 1. The molecular weight excluding hydrogens is 398 g/mol. The molecule has 0 aliphatic heterocycles. The molecule has 0 bridgehead atoms. The fourth-order valence-electron chi connectivity index (χ4n) is 3.03. The van der Waals surface area contributed by atoms with Crippen LogP contribution in [-0.2, 0) is 4.79 Å². The molecule has 8 heteroatoms. The lowest BCUT2D eigenvalue weighted by molar-refractivity contribution is -0.123. The van der Waals surface area contributed by atoms with Crippen LogP contribution in [0.15, 0.2) is 48.1 Å². The van der Waals surface area contributed by atoms with Crippen LogP contribution < -0.4 is 10.2 Å². The first-order valence-corrected chi connectivity index (χ1v) is 10.4. The third-order valence-corrected chi connectivity index (χ3v) is 5.08. The van der Waals surface area contributed by atoms with E-state index in [0.717, 1.165) is 22.7 Å². The molecule has 7 nitrogen and oxygen atoms in total. The van der Waals surface area contributed by atoms with Gasteiger partial charge in [0.15, 0.2) is 5.69 Å². The Balaban J connectivity index is 2.18. The maximum atomic E-state index is 13.5. The van der Waals surface area contributed by atoms with Crippen molar-refractivity contribution in [1.82, 2.24) is 19.9 Å². The van der Waals surface area contributed by atoms with Crippen molar-refractivity contribution in [3.63, 3.8) is 0 Å². The van der Waals surface area contributed by atoms with Gasteiger partial charge in [-0.15, -0.1) is 5.10 Å². The van der Waals surface area contributed by atoms with Crippen molar-refractivity contribution < 1.29 is 9.59 Å². The predicted molar refractivity (Wildman–Crippen MR) is 118 cm³/mol. The quantitative estimate of drug-likeness (QED) is 0.673. The Bertz CT molecular complexity index is 1030. The lowest BCUT2D eigenvalue weighted by Crippen LogP contribution is -2.49. The highest BCUT2D eigenvalue weighted by Crippen LogP contribution is 2.31. The maximum Gasteiger partial charge on any atom is 0.280 e. The van der Waals surface area contributed by atoms with E-state index in [4.69, 9.17) is 0 Å². The normalized spacial score (nSPS) is 12.3. The van der Waals surface area contributed by atoms with Gasteiger partial charge in [-0.3, -0.25) is 19.5 Å². The van der Waals surface area contributed by atoms with Crippen molar-refractivity contribution in [2.75, 3.05) is 4.90 Å². The number of hydrogen-bond acceptors (Lipinski definition) is 6. The van der Waals surface area contributed by atoms with E-state index < -0.39 is 17.5 Å². The van der Waals surface area contributed by atoms with Gasteiger partial charge in [-0.25, -0.2) is 0 Å². The van der Waals surface area contributed by atoms with Crippen LogP contribution in [0.5, 0.6) is 0 Å². The van der Waals surface area contributed by atoms with E-state index in [9.17, 15) is 9.59 Å². The van der Waals surface area contributed by atoms with Crippen molar-refractivity contribution in [3.8, 4) is 0 Å². The number of nitrogens with zero attached hydrogens (tertiary/aromatic N) is 4. The minimum Gasteiger partial charge on any atom is -0.349 e. The Morgan fingerprint density at radius 1 is 1.13 bits per heavy atom. The second-order valence-corrected chi connectivity index (χ2v) is 8.77. The number of amides is 2. The molecule has 2 aromatic heterocycles. The van der Waals surface area contributed by atoms with Gasteiger partial charge in [0.05, 0.1) is 0 Å². The molecule has 0 saturated carbocycles. The summed E-state index contributed by atoms with van der Waals surface area (Å²) in [5.41, 5.74) is 3.04. The number of rotatable bonds is 5. The Morgan fingerprint density at radius 2 is 1.90 bits per heavy atom. The van der Waals surface area contributed by atoms with E-state index in [-0.39, 0.29) is 11.6 Å². The Morgan fingerprint density at radius 3 is 2.47 bits per heavy atom. The van der Waals surface area contributed by atoms with Crippen LogP contribution in [0, 0.1) is 13.8 Å². The summed E-state index contributed by atoms with van der Waals surface area (Å²) in [6, 6.07) is 8.30. The van der Waals surface area contributed by atoms with E-state index in [2.05, 4.69) is 19.9 Å². The average Bonchev–Trinajstić information content (AvgIpc) is 3.22. The molecule has 0 saturated heterocycles. The van der Waals surface area contributed by atoms with Crippen molar-refractivity contribution in [2.45, 2.75) is 46.2 Å². The monoisotopic (exact) mass is 423 g/mol. The van der Waals surface area contributed by atoms with Gasteiger partial charge < -0.3 is 5.32 Å². The van der Waals surface area contributed by atoms with Crippen LogP contribution in [-0.4, -0.2) is 31.9 Å². The largest absolute Gasteiger partial charge is 0.349 e. The van der Waals surface area contributed by atoms with Crippen molar-refractivity contribution >= 4 is 29.0 Å². The van der Waals surface area contributed by atoms with Crippen LogP contribution in [0.2, 0.25) is 0 Å². The van der Waals surface area contributed by atoms with E-state index in [1.54, 1.807) is 29.9 Å². The number of aryl methyl sites for hydroxylation is 2. The number of anilines is 1. The molecule has 156 valence electrons. The SMILES string of the molecule is Cc1ccc(N(C(=O)c2csnn2)[C@H](C(=O)NC(C)(C)C)c2cccnc2)cc1C. The fourth-order valence-corrected chi connectivity index (χ4v) is 3.46. The number of carbonyl (C=O) groups excluding carboxylic acids is 2. The van der Waals surface area contributed by atoms with Gasteiger partial charge in [-0.05, 0) is 75.5 Å². The molecule has 2 heterocycles. The van der Waals surface area contributed by atoms with Crippen LogP contribution in [0.3, 0.4) is 0 Å². The summed E-state index contributed by atoms with van der Waals surface area (Å²) in [6.45, 7) is 9.67. The topological polar surface area (TPSA) is 88.1 Å². The number of aromatic nitrogens is 3. The lowest BCUT2D eigenvalue weighted by Gasteiger charge is -2.33. The van der Waals surface area contributed by atoms with Crippen molar-refractivity contribution in [1.29, 1.82) is 0 Å². The van der Waals surface area contributed by atoms with Gasteiger partial charge in [0, 0.05) is 34.6 Å². The first-order valence-electron chi connectivity index (χ1n) is 9.57. The highest BCUT2D eigenvalue weighted by molar-refractivity contribution is 7.03. The zero-order chi connectivity index (χ0) is 21.9. The smallest absolute Gasteiger partial charge is 0.280 e. The number of benzene rings is 1. The second-order valence-electron chi connectivity index (χ2n) is 8.16. The predicted octanol–water partition coefficient (Wildman–Crippen LogP) is 3.85. The van der Waals surface area contributed by atoms with Crippen molar-refractivity contribution in [2.24, 2.45) is 0 Å². The third-order valence-electron chi connectivity index (χ3n) is 4.57. The van der Waals surface area contributed by atoms with Gasteiger partial charge in [-0.1, -0.05) is 16.6 Å². The molecule has 3 rings (SSSR count). The van der Waals surface area contributed by atoms with E-state index in [1.165, 1.54) is 4.90 Å². The average molecular weight is 424 g/mol. The first kappa shape index (κ1) is 21.6. The van der Waals surface area contributed by atoms with Gasteiger partial charge in [-0.2, -0.15) is 0 Å². The Kier molecular flexibility index (Phi) is 6.26. The Hall–Kier alpha value is -3.13. The summed E-state index contributed by atoms with van der Waals surface area (Å²) in [6.07, 6.45) is 3.24. The zero-order valence-corrected chi connectivity index (χ0v) is 18.5. The standard InChI is InChI=1S/C22H25N5O2S/c1-14-8-9-17(11-15(14)2)27(21(29)18-13-30-26-25-18)19(16-7-6-10-23-12-16)20(28)24-22(3,4)5/h6-13,19H,1-5H3,(H,24,28)/t19-/m0/s1. The van der Waals surface area contributed by atoms with Gasteiger partial charge in [0.2, 0.25) is 5.91 Å². The van der Waals surface area contributed by atoms with E-state index in [0.29, 0.717) is 11.3 Å². The molecule has 2 amide bonds. The van der Waals surface area contributed by atoms with E-state index in [1.807, 2.05) is 52.8 Å². The second kappa shape index (κ2) is 8.71. The third kappa shape index (κ3) is 4.88. The summed E-state index contributed by atoms with van der Waals surface area (Å²) in [5.74, 6) is -0.699. The van der Waals surface area contributed by atoms with Crippen LogP contribution in [0.4, 0.5) is 5.69 Å². The summed E-state index contributed by atoms with van der Waals surface area (Å²) in [7, 11) is 0. The molecule has 30 heavy (non-hydrogen) atoms. The molecule has 0 unspecified atom stereocenters. The fraction of sp³-hybridized carbons (Fsp3) is 0.318. The number of hydrogen-bond donors (Lipinski definition) is 1. The summed E-state index contributed by atoms with van der Waals surface area (Å²) >= 11 is 1.09. The minimum absolute atomic E-state index is 0.190. The summed E-state index contributed by atoms with van der Waals surface area (Å²) in [4.78, 5) is 32.6. The lowest BCUT2D eigenvalue weighted by atomic mass is 10.0. The maximum absolute atomic E-state index is 13.5. The first-order chi connectivity index (χ1) is 14.2. The number of carbonyl (C=O) groups is 2. The van der Waals surface area contributed by atoms with Crippen LogP contribution in [0.25, 0.3) is 0 Å². The zero-order valence-electron chi connectivity index (χ0n) is 17.7. The molecule has 0 spiro atoms. The molecule has 1 aromatic carbocycles. The molecule has 0 aliphatic carbocycles. The highest BCUT2D eigenvalue weighted by atomic mass is 32.1. The molecule has 3 aromatic rings. The molecule has 0 radical (unpaired) electrons. The molecule has 1 atom stereocenters.